The van der Waals surface area contributed by atoms with Crippen molar-refractivity contribution in [2.75, 3.05) is 0 Å². The van der Waals surface area contributed by atoms with Gasteiger partial charge in [-0.25, -0.2) is 0 Å². The molecule has 0 spiro atoms. The van der Waals surface area contributed by atoms with Gasteiger partial charge in [0.2, 0.25) is 5.43 Å². The zero-order valence-corrected chi connectivity index (χ0v) is 19.7. The van der Waals surface area contributed by atoms with E-state index in [-0.39, 0.29) is 5.43 Å². The minimum Gasteiger partial charge on any atom is -0.339 e. The Morgan fingerprint density at radius 3 is 1.54 bits per heavy atom. The Morgan fingerprint density at radius 2 is 1.19 bits per heavy atom. The molecule has 3 rings (SSSR count). The van der Waals surface area contributed by atoms with Crippen LogP contribution in [0.5, 0.6) is 0 Å². The first kappa shape index (κ1) is 20.2. The Hall–Kier alpha value is -0.570. The maximum Gasteiger partial charge on any atom is 0.209 e. The summed E-state index contributed by atoms with van der Waals surface area (Å²) >= 11 is 16.4. The van der Waals surface area contributed by atoms with E-state index in [9.17, 15) is 4.79 Å². The summed E-state index contributed by atoms with van der Waals surface area (Å²) in [5, 5.41) is 1.35. The molecule has 6 heteroatoms. The molecule has 0 radical (unpaired) electrons. The van der Waals surface area contributed by atoms with Crippen LogP contribution >= 0.6 is 68.4 Å². The molecule has 0 unspecified atom stereocenters. The van der Waals surface area contributed by atoms with Crippen molar-refractivity contribution in [3.05, 3.63) is 75.9 Å². The second-order valence-electron chi connectivity index (χ2n) is 5.82. The highest BCUT2D eigenvalue weighted by molar-refractivity contribution is 14.1. The van der Waals surface area contributed by atoms with Crippen LogP contribution in [-0.2, 0) is 6.54 Å². The molecule has 0 fully saturated rings. The van der Waals surface area contributed by atoms with E-state index < -0.39 is 0 Å². The first-order valence-electron chi connectivity index (χ1n) is 8.07. The van der Waals surface area contributed by atoms with Crippen molar-refractivity contribution in [3.63, 3.8) is 0 Å². The Kier molecular flexibility index (Phi) is 6.69. The third-order valence-electron chi connectivity index (χ3n) is 4.04. The van der Waals surface area contributed by atoms with Crippen LogP contribution in [0.4, 0.5) is 0 Å². The SMILES string of the molecule is CCCn1c(-c2ccc(Cl)cc2)c(I)c(=O)c(I)c1-c1ccc(Cl)cc1. The summed E-state index contributed by atoms with van der Waals surface area (Å²) < 4.78 is 3.68. The van der Waals surface area contributed by atoms with Crippen LogP contribution in [0.15, 0.2) is 53.3 Å². The summed E-state index contributed by atoms with van der Waals surface area (Å²) in [4.78, 5) is 13.0. The van der Waals surface area contributed by atoms with Gasteiger partial charge in [-0.15, -0.1) is 0 Å². The van der Waals surface area contributed by atoms with E-state index in [1.54, 1.807) is 0 Å². The summed E-state index contributed by atoms with van der Waals surface area (Å²) in [7, 11) is 0. The van der Waals surface area contributed by atoms with Gasteiger partial charge in [-0.05, 0) is 87.0 Å². The Bertz CT molecular complexity index is 921. The van der Waals surface area contributed by atoms with Gasteiger partial charge in [-0.3, -0.25) is 4.79 Å². The molecule has 0 aliphatic heterocycles. The van der Waals surface area contributed by atoms with Gasteiger partial charge >= 0.3 is 0 Å². The third kappa shape index (κ3) is 3.98. The molecule has 1 aromatic heterocycles. The number of nitrogens with zero attached hydrogens (tertiary/aromatic N) is 1. The minimum atomic E-state index is 0.0495. The van der Waals surface area contributed by atoms with Crippen molar-refractivity contribution in [2.45, 2.75) is 19.9 Å². The minimum absolute atomic E-state index is 0.0495. The molecule has 0 saturated carbocycles. The zero-order chi connectivity index (χ0) is 18.8. The van der Waals surface area contributed by atoms with Gasteiger partial charge in [0.25, 0.3) is 0 Å². The average molecular weight is 610 g/mol. The van der Waals surface area contributed by atoms with Gasteiger partial charge in [0, 0.05) is 16.6 Å². The van der Waals surface area contributed by atoms with E-state index in [1.807, 2.05) is 48.5 Å². The number of benzene rings is 2. The molecule has 0 bridgehead atoms. The van der Waals surface area contributed by atoms with Gasteiger partial charge in [-0.1, -0.05) is 54.4 Å². The first-order chi connectivity index (χ1) is 12.4. The van der Waals surface area contributed by atoms with Gasteiger partial charge in [0.15, 0.2) is 0 Å². The number of hydrogen-bond acceptors (Lipinski definition) is 1. The predicted octanol–water partition coefficient (Wildman–Crippen LogP) is 7.11. The number of halogens is 4. The smallest absolute Gasteiger partial charge is 0.209 e. The van der Waals surface area contributed by atoms with E-state index in [2.05, 4.69) is 56.7 Å². The molecule has 134 valence electrons. The lowest BCUT2D eigenvalue weighted by molar-refractivity contribution is 0.682. The Labute approximate surface area is 189 Å². The number of rotatable bonds is 4. The number of hydrogen-bond donors (Lipinski definition) is 0. The van der Waals surface area contributed by atoms with E-state index in [0.717, 1.165) is 42.6 Å². The lowest BCUT2D eigenvalue weighted by Crippen LogP contribution is -2.21. The van der Waals surface area contributed by atoms with Gasteiger partial charge in [-0.2, -0.15) is 0 Å². The normalized spacial score (nSPS) is 11.0. The van der Waals surface area contributed by atoms with Crippen LogP contribution in [0.1, 0.15) is 13.3 Å². The maximum absolute atomic E-state index is 13.0. The molecule has 1 heterocycles. The fourth-order valence-electron chi connectivity index (χ4n) is 2.89. The summed E-state index contributed by atoms with van der Waals surface area (Å²) in [6.45, 7) is 2.94. The van der Waals surface area contributed by atoms with E-state index in [1.165, 1.54) is 0 Å². The van der Waals surface area contributed by atoms with Crippen molar-refractivity contribution in [1.82, 2.24) is 4.57 Å². The number of pyridine rings is 1. The van der Waals surface area contributed by atoms with Crippen molar-refractivity contribution < 1.29 is 0 Å². The van der Waals surface area contributed by atoms with Crippen molar-refractivity contribution in [2.24, 2.45) is 0 Å². The highest BCUT2D eigenvalue weighted by atomic mass is 127. The van der Waals surface area contributed by atoms with Crippen LogP contribution < -0.4 is 5.43 Å². The topological polar surface area (TPSA) is 22.0 Å². The maximum atomic E-state index is 13.0. The number of aromatic nitrogens is 1. The molecule has 3 aromatic rings. The molecular weight excluding hydrogens is 595 g/mol. The van der Waals surface area contributed by atoms with Crippen LogP contribution in [0.3, 0.4) is 0 Å². The van der Waals surface area contributed by atoms with E-state index in [4.69, 9.17) is 23.2 Å². The van der Waals surface area contributed by atoms with E-state index in [0.29, 0.717) is 10.0 Å². The second-order valence-corrected chi connectivity index (χ2v) is 8.85. The predicted molar refractivity (Wildman–Crippen MR) is 127 cm³/mol. The molecule has 0 aliphatic rings. The van der Waals surface area contributed by atoms with Crippen molar-refractivity contribution in [1.29, 1.82) is 0 Å². The monoisotopic (exact) mass is 609 g/mol. The first-order valence-corrected chi connectivity index (χ1v) is 11.0. The molecule has 0 N–H and O–H groups in total. The second kappa shape index (κ2) is 8.63. The van der Waals surface area contributed by atoms with Crippen molar-refractivity contribution >= 4 is 68.4 Å². The standard InChI is InChI=1S/C20H15Cl2I2NO/c1-2-11-25-18(12-3-7-14(21)8-4-12)16(23)20(26)17(24)19(25)13-5-9-15(22)10-6-13/h3-10H,2,11H2,1H3. The molecule has 2 aromatic carbocycles. The largest absolute Gasteiger partial charge is 0.339 e. The van der Waals surface area contributed by atoms with Gasteiger partial charge < -0.3 is 4.57 Å². The van der Waals surface area contributed by atoms with Crippen LogP contribution in [0.2, 0.25) is 10.0 Å². The summed E-state index contributed by atoms with van der Waals surface area (Å²) in [6, 6.07) is 15.3. The fraction of sp³-hybridized carbons (Fsp3) is 0.150. The summed E-state index contributed by atoms with van der Waals surface area (Å²) in [6.07, 6.45) is 0.955. The third-order valence-corrected chi connectivity index (χ3v) is 6.54. The fourth-order valence-corrected chi connectivity index (χ4v) is 5.40. The average Bonchev–Trinajstić information content (AvgIpc) is 2.63. The van der Waals surface area contributed by atoms with E-state index >= 15 is 0 Å². The Balaban J connectivity index is 2.38. The van der Waals surface area contributed by atoms with Crippen LogP contribution in [-0.4, -0.2) is 4.57 Å². The summed E-state index contributed by atoms with van der Waals surface area (Å²) in [5.41, 5.74) is 3.87. The molecule has 0 atom stereocenters. The van der Waals surface area contributed by atoms with Crippen LogP contribution in [0, 0.1) is 7.14 Å². The highest BCUT2D eigenvalue weighted by Crippen LogP contribution is 2.33. The zero-order valence-electron chi connectivity index (χ0n) is 13.9. The van der Waals surface area contributed by atoms with Crippen molar-refractivity contribution in [3.8, 4) is 22.5 Å². The van der Waals surface area contributed by atoms with Gasteiger partial charge in [0.1, 0.15) is 0 Å². The van der Waals surface area contributed by atoms with Crippen LogP contribution in [0.25, 0.3) is 22.5 Å². The molecular formula is C20H15Cl2I2NO. The lowest BCUT2D eigenvalue weighted by Gasteiger charge is -2.22. The van der Waals surface area contributed by atoms with Gasteiger partial charge in [0.05, 0.1) is 18.5 Å². The lowest BCUT2D eigenvalue weighted by atomic mass is 10.1. The Morgan fingerprint density at radius 1 is 0.808 bits per heavy atom. The molecule has 0 saturated heterocycles. The quantitative estimate of drug-likeness (QED) is 0.289. The summed E-state index contributed by atoms with van der Waals surface area (Å²) in [5.74, 6) is 0. The molecule has 2 nitrogen and oxygen atoms in total. The molecule has 0 aliphatic carbocycles. The molecule has 26 heavy (non-hydrogen) atoms. The highest BCUT2D eigenvalue weighted by Gasteiger charge is 2.21. The molecule has 0 amide bonds.